The van der Waals surface area contributed by atoms with E-state index in [1.807, 2.05) is 35.3 Å². The average Bonchev–Trinajstić information content (AvgIpc) is 2.58. The Bertz CT molecular complexity index is 1110. The number of nitro groups is 1. The first kappa shape index (κ1) is 16.2. The van der Waals surface area contributed by atoms with E-state index in [1.165, 1.54) is 13.2 Å². The first-order valence-corrected chi connectivity index (χ1v) is 7.26. The van der Waals surface area contributed by atoms with E-state index >= 15 is 0 Å². The molecule has 0 bridgehead atoms. The van der Waals surface area contributed by atoms with Crippen molar-refractivity contribution in [3.05, 3.63) is 78.6 Å². The van der Waals surface area contributed by atoms with E-state index in [-0.39, 0.29) is 5.69 Å². The van der Waals surface area contributed by atoms with Gasteiger partial charge in [0.05, 0.1) is 12.0 Å². The van der Waals surface area contributed by atoms with Crippen molar-refractivity contribution in [2.24, 2.45) is 0 Å². The second-order valence-corrected chi connectivity index (χ2v) is 5.16. The van der Waals surface area contributed by atoms with Crippen LogP contribution in [0.15, 0.2) is 46.0 Å². The lowest BCUT2D eigenvalue weighted by Crippen LogP contribution is -2.25. The minimum Gasteiger partial charge on any atom is -0.496 e. The molecule has 8 nitrogen and oxygen atoms in total. The summed E-state index contributed by atoms with van der Waals surface area (Å²) in [6.45, 7) is 0. The molecule has 0 atom stereocenters. The molecule has 0 aliphatic rings. The maximum Gasteiger partial charge on any atom is 0.357 e. The summed E-state index contributed by atoms with van der Waals surface area (Å²) in [7, 11) is 1.51. The fourth-order valence-corrected chi connectivity index (χ4v) is 2.59. The summed E-state index contributed by atoms with van der Waals surface area (Å²) in [6.07, 6.45) is 2.89. The Morgan fingerprint density at radius 1 is 1.08 bits per heavy atom. The summed E-state index contributed by atoms with van der Waals surface area (Å²) in [5.41, 5.74) is -2.11. The van der Waals surface area contributed by atoms with Crippen LogP contribution >= 0.6 is 0 Å². The molecule has 126 valence electrons. The summed E-state index contributed by atoms with van der Waals surface area (Å²) in [6, 6.07) is 11.2. The number of ether oxygens (including phenoxy) is 1. The minimum absolute atomic E-state index is 0.186. The van der Waals surface area contributed by atoms with Crippen molar-refractivity contribution in [1.82, 2.24) is 9.97 Å². The molecule has 2 aromatic carbocycles. The zero-order valence-electron chi connectivity index (χ0n) is 13.1. The molecular formula is C17H13N3O5. The Morgan fingerprint density at radius 2 is 1.84 bits per heavy atom. The summed E-state index contributed by atoms with van der Waals surface area (Å²) in [5, 5.41) is 12.9. The third kappa shape index (κ3) is 3.05. The zero-order chi connectivity index (χ0) is 18.0. The molecule has 0 amide bonds. The van der Waals surface area contributed by atoms with Crippen molar-refractivity contribution in [2.45, 2.75) is 0 Å². The van der Waals surface area contributed by atoms with Gasteiger partial charge in [-0.1, -0.05) is 30.3 Å². The number of aromatic amines is 2. The Morgan fingerprint density at radius 3 is 2.56 bits per heavy atom. The van der Waals surface area contributed by atoms with E-state index < -0.39 is 21.9 Å². The zero-order valence-corrected chi connectivity index (χ0v) is 13.1. The Hall–Kier alpha value is -3.68. The fraction of sp³-hybridized carbons (Fsp3) is 0.0588. The number of fused-ring (bicyclic) bond motifs is 1. The van der Waals surface area contributed by atoms with Crippen LogP contribution in [0.2, 0.25) is 0 Å². The normalized spacial score (nSPS) is 11.1. The smallest absolute Gasteiger partial charge is 0.357 e. The number of nitrogens with zero attached hydrogens (tertiary/aromatic N) is 1. The van der Waals surface area contributed by atoms with Gasteiger partial charge in [-0.15, -0.1) is 0 Å². The molecule has 3 aromatic rings. The van der Waals surface area contributed by atoms with Gasteiger partial charge < -0.3 is 9.72 Å². The summed E-state index contributed by atoms with van der Waals surface area (Å²) < 4.78 is 5.34. The number of hydrogen-bond acceptors (Lipinski definition) is 5. The number of rotatable bonds is 4. The highest BCUT2D eigenvalue weighted by Gasteiger charge is 2.19. The molecular weight excluding hydrogens is 326 g/mol. The lowest BCUT2D eigenvalue weighted by molar-refractivity contribution is -0.386. The van der Waals surface area contributed by atoms with Crippen molar-refractivity contribution in [2.75, 3.05) is 7.11 Å². The lowest BCUT2D eigenvalue weighted by atomic mass is 10.0. The number of benzene rings is 2. The van der Waals surface area contributed by atoms with Crippen LogP contribution in [0.25, 0.3) is 22.9 Å². The van der Waals surface area contributed by atoms with Crippen LogP contribution in [-0.4, -0.2) is 22.0 Å². The standard InChI is InChI=1S/C17H13N3O5/c1-25-14-9-6-10-4-2-3-5-11(10)12(14)7-8-13-15(20(23)24)16(21)19-17(22)18-13/h2-9H,1H3,(H2,18,19,21,22). The molecule has 1 heterocycles. The number of nitrogens with one attached hydrogen (secondary N) is 2. The van der Waals surface area contributed by atoms with Gasteiger partial charge in [-0.2, -0.15) is 0 Å². The number of methoxy groups -OCH3 is 1. The molecule has 0 aliphatic heterocycles. The van der Waals surface area contributed by atoms with Crippen LogP contribution in [0.3, 0.4) is 0 Å². The fourth-order valence-electron chi connectivity index (χ4n) is 2.59. The summed E-state index contributed by atoms with van der Waals surface area (Å²) in [4.78, 5) is 37.5. The van der Waals surface area contributed by atoms with Crippen LogP contribution < -0.4 is 16.0 Å². The Balaban J connectivity index is 2.22. The van der Waals surface area contributed by atoms with Crippen molar-refractivity contribution >= 4 is 28.6 Å². The molecule has 2 N–H and O–H groups in total. The lowest BCUT2D eigenvalue weighted by Gasteiger charge is -2.08. The molecule has 3 rings (SSSR count). The molecule has 25 heavy (non-hydrogen) atoms. The predicted molar refractivity (Wildman–Crippen MR) is 93.8 cm³/mol. The maximum atomic E-state index is 11.7. The molecule has 8 heteroatoms. The van der Waals surface area contributed by atoms with Gasteiger partial charge in [-0.05, 0) is 29.0 Å². The van der Waals surface area contributed by atoms with Crippen LogP contribution in [0, 0.1) is 10.1 Å². The highest BCUT2D eigenvalue weighted by Crippen LogP contribution is 2.29. The van der Waals surface area contributed by atoms with Crippen molar-refractivity contribution in [1.29, 1.82) is 0 Å². The quantitative estimate of drug-likeness (QED) is 0.558. The van der Waals surface area contributed by atoms with Crippen LogP contribution in [0.5, 0.6) is 5.75 Å². The largest absolute Gasteiger partial charge is 0.496 e. The van der Waals surface area contributed by atoms with Gasteiger partial charge in [-0.3, -0.25) is 19.9 Å². The molecule has 0 radical (unpaired) electrons. The Kier molecular flexibility index (Phi) is 4.17. The van der Waals surface area contributed by atoms with Crippen molar-refractivity contribution in [3.63, 3.8) is 0 Å². The number of H-pyrrole nitrogens is 2. The molecule has 0 fully saturated rings. The van der Waals surface area contributed by atoms with Gasteiger partial charge in [0.2, 0.25) is 0 Å². The molecule has 0 aliphatic carbocycles. The minimum atomic E-state index is -1.06. The summed E-state index contributed by atoms with van der Waals surface area (Å²) in [5.74, 6) is 0.560. The van der Waals surface area contributed by atoms with Gasteiger partial charge in [0.1, 0.15) is 11.4 Å². The summed E-state index contributed by atoms with van der Waals surface area (Å²) >= 11 is 0. The second-order valence-electron chi connectivity index (χ2n) is 5.16. The third-order valence-electron chi connectivity index (χ3n) is 3.70. The molecule has 0 spiro atoms. The first-order chi connectivity index (χ1) is 12.0. The van der Waals surface area contributed by atoms with E-state index in [2.05, 4.69) is 4.98 Å². The van der Waals surface area contributed by atoms with E-state index in [0.29, 0.717) is 11.3 Å². The van der Waals surface area contributed by atoms with Gasteiger partial charge in [0.15, 0.2) is 0 Å². The monoisotopic (exact) mass is 339 g/mol. The van der Waals surface area contributed by atoms with Gasteiger partial charge in [0.25, 0.3) is 0 Å². The van der Waals surface area contributed by atoms with Gasteiger partial charge >= 0.3 is 16.9 Å². The van der Waals surface area contributed by atoms with Gasteiger partial charge in [0, 0.05) is 5.56 Å². The van der Waals surface area contributed by atoms with Gasteiger partial charge in [-0.25, -0.2) is 4.79 Å². The average molecular weight is 339 g/mol. The highest BCUT2D eigenvalue weighted by molar-refractivity contribution is 5.95. The van der Waals surface area contributed by atoms with Crippen molar-refractivity contribution < 1.29 is 9.66 Å². The van der Waals surface area contributed by atoms with E-state index in [4.69, 9.17) is 4.74 Å². The molecule has 1 aromatic heterocycles. The topological polar surface area (TPSA) is 118 Å². The maximum absolute atomic E-state index is 11.7. The van der Waals surface area contributed by atoms with Crippen LogP contribution in [0.1, 0.15) is 11.3 Å². The number of aromatic nitrogens is 2. The van der Waals surface area contributed by atoms with Crippen LogP contribution in [0.4, 0.5) is 5.69 Å². The van der Waals surface area contributed by atoms with Crippen molar-refractivity contribution in [3.8, 4) is 5.75 Å². The van der Waals surface area contributed by atoms with E-state index in [1.54, 1.807) is 12.1 Å². The van der Waals surface area contributed by atoms with E-state index in [9.17, 15) is 19.7 Å². The molecule has 0 unspecified atom stereocenters. The molecule has 0 saturated carbocycles. The predicted octanol–water partition coefficient (Wildman–Crippen LogP) is 2.30. The Labute approximate surface area is 140 Å². The SMILES string of the molecule is COc1ccc2ccccc2c1C=Cc1[nH]c(=O)[nH]c(=O)c1[N+](=O)[O-]. The second kappa shape index (κ2) is 6.44. The number of hydrogen-bond donors (Lipinski definition) is 2. The van der Waals surface area contributed by atoms with Crippen LogP contribution in [-0.2, 0) is 0 Å². The molecule has 0 saturated heterocycles. The highest BCUT2D eigenvalue weighted by atomic mass is 16.6. The van der Waals surface area contributed by atoms with E-state index in [0.717, 1.165) is 10.8 Å². The third-order valence-corrected chi connectivity index (χ3v) is 3.70. The first-order valence-electron chi connectivity index (χ1n) is 7.26.